The second kappa shape index (κ2) is 9.19. The number of fused-ring (bicyclic) bond motifs is 2. The molecule has 2 aliphatic heterocycles. The average molecular weight is 466 g/mol. The molecule has 3 N–H and O–H groups in total. The summed E-state index contributed by atoms with van der Waals surface area (Å²) in [6.45, 7) is 5.55. The van der Waals surface area contributed by atoms with Gasteiger partial charge in [-0.05, 0) is 53.3 Å². The molecule has 0 unspecified atom stereocenters. The zero-order chi connectivity index (χ0) is 23.8. The first-order valence-corrected chi connectivity index (χ1v) is 12.5. The highest BCUT2D eigenvalue weighted by molar-refractivity contribution is 5.84. The van der Waals surface area contributed by atoms with Crippen molar-refractivity contribution in [2.24, 2.45) is 11.7 Å². The van der Waals surface area contributed by atoms with E-state index in [1.807, 2.05) is 12.4 Å². The average Bonchev–Trinajstić information content (AvgIpc) is 3.35. The molecule has 0 spiro atoms. The van der Waals surface area contributed by atoms with Gasteiger partial charge in [0, 0.05) is 37.1 Å². The molecule has 2 atom stereocenters. The first-order chi connectivity index (χ1) is 17.1. The largest absolute Gasteiger partial charge is 0.493 e. The minimum atomic E-state index is 0.202. The summed E-state index contributed by atoms with van der Waals surface area (Å²) in [6, 6.07) is 19.5. The lowest BCUT2D eigenvalue weighted by molar-refractivity contribution is 0.357. The summed E-state index contributed by atoms with van der Waals surface area (Å²) in [5, 5.41) is 4.70. The number of hydrogen-bond donors (Lipinski definition) is 2. The van der Waals surface area contributed by atoms with Crippen molar-refractivity contribution < 1.29 is 4.74 Å². The molecule has 0 bridgehead atoms. The Labute approximate surface area is 206 Å². The van der Waals surface area contributed by atoms with E-state index in [2.05, 4.69) is 76.7 Å². The third-order valence-corrected chi connectivity index (χ3v) is 7.07. The molecule has 0 amide bonds. The van der Waals surface area contributed by atoms with Crippen molar-refractivity contribution in [3.8, 4) is 16.9 Å². The number of anilines is 2. The summed E-state index contributed by atoms with van der Waals surface area (Å²) in [6.07, 6.45) is 5.82. The number of pyridine rings is 2. The Bertz CT molecular complexity index is 1360. The van der Waals surface area contributed by atoms with E-state index in [0.29, 0.717) is 12.5 Å². The lowest BCUT2D eigenvalue weighted by Crippen LogP contribution is -2.46. The number of rotatable bonds is 5. The van der Waals surface area contributed by atoms with Crippen LogP contribution in [0.1, 0.15) is 24.6 Å². The lowest BCUT2D eigenvalue weighted by atomic mass is 9.96. The van der Waals surface area contributed by atoms with Crippen LogP contribution in [0.5, 0.6) is 5.75 Å². The molecule has 1 saturated heterocycles. The van der Waals surface area contributed by atoms with E-state index in [9.17, 15) is 0 Å². The van der Waals surface area contributed by atoms with Crippen LogP contribution in [0.4, 0.5) is 11.4 Å². The second-order valence-corrected chi connectivity index (χ2v) is 9.88. The van der Waals surface area contributed by atoms with Gasteiger partial charge in [0.2, 0.25) is 0 Å². The third-order valence-electron chi connectivity index (χ3n) is 7.07. The Kier molecular flexibility index (Phi) is 5.74. The summed E-state index contributed by atoms with van der Waals surface area (Å²) in [7, 11) is 0. The van der Waals surface area contributed by atoms with Crippen LogP contribution in [0.2, 0.25) is 0 Å². The Morgan fingerprint density at radius 1 is 1.06 bits per heavy atom. The molecule has 0 aliphatic carbocycles. The van der Waals surface area contributed by atoms with Crippen LogP contribution < -0.4 is 20.7 Å². The predicted octanol–water partition coefficient (Wildman–Crippen LogP) is 5.02. The molecule has 2 aromatic carbocycles. The minimum Gasteiger partial charge on any atom is -0.493 e. The van der Waals surface area contributed by atoms with Gasteiger partial charge in [0.25, 0.3) is 0 Å². The van der Waals surface area contributed by atoms with Gasteiger partial charge in [-0.15, -0.1) is 0 Å². The molecular weight excluding hydrogens is 434 g/mol. The van der Waals surface area contributed by atoms with Crippen molar-refractivity contribution in [2.75, 3.05) is 29.9 Å². The van der Waals surface area contributed by atoms with E-state index in [0.717, 1.165) is 77.4 Å². The van der Waals surface area contributed by atoms with Crippen molar-refractivity contribution in [1.29, 1.82) is 0 Å². The molecule has 0 saturated carbocycles. The summed E-state index contributed by atoms with van der Waals surface area (Å²) in [5.41, 5.74) is 14.1. The maximum atomic E-state index is 6.31. The van der Waals surface area contributed by atoms with Crippen molar-refractivity contribution in [1.82, 2.24) is 9.97 Å². The normalized spacial score (nSPS) is 19.4. The van der Waals surface area contributed by atoms with Crippen molar-refractivity contribution >= 4 is 22.3 Å². The van der Waals surface area contributed by atoms with E-state index in [4.69, 9.17) is 15.5 Å². The first kappa shape index (κ1) is 21.9. The fourth-order valence-electron chi connectivity index (χ4n) is 5.36. The zero-order valence-corrected chi connectivity index (χ0v) is 20.1. The highest BCUT2D eigenvalue weighted by atomic mass is 16.5. The van der Waals surface area contributed by atoms with Crippen LogP contribution in [-0.2, 0) is 13.0 Å². The topological polar surface area (TPSA) is 76.3 Å². The summed E-state index contributed by atoms with van der Waals surface area (Å²) < 4.78 is 5.77. The molecule has 178 valence electrons. The molecule has 6 heteroatoms. The highest BCUT2D eigenvalue weighted by Crippen LogP contribution is 2.32. The molecule has 35 heavy (non-hydrogen) atoms. The summed E-state index contributed by atoms with van der Waals surface area (Å²) >= 11 is 0. The van der Waals surface area contributed by atoms with Crippen molar-refractivity contribution in [3.05, 3.63) is 78.2 Å². The number of ether oxygens (including phenoxy) is 1. The van der Waals surface area contributed by atoms with Gasteiger partial charge < -0.3 is 20.7 Å². The molecule has 6 nitrogen and oxygen atoms in total. The molecule has 1 fully saturated rings. The van der Waals surface area contributed by atoms with Gasteiger partial charge in [-0.1, -0.05) is 37.3 Å². The van der Waals surface area contributed by atoms with Gasteiger partial charge in [-0.3, -0.25) is 9.97 Å². The van der Waals surface area contributed by atoms with Crippen molar-refractivity contribution in [2.45, 2.75) is 32.4 Å². The number of nitrogens with one attached hydrogen (secondary N) is 1. The summed E-state index contributed by atoms with van der Waals surface area (Å²) in [4.78, 5) is 11.7. The minimum absolute atomic E-state index is 0.202. The number of hydrogen-bond acceptors (Lipinski definition) is 6. The predicted molar refractivity (Wildman–Crippen MR) is 142 cm³/mol. The van der Waals surface area contributed by atoms with Gasteiger partial charge in [0.15, 0.2) is 0 Å². The molecular formula is C29H31N5O. The number of nitrogens with two attached hydrogens (primary N) is 1. The van der Waals surface area contributed by atoms with E-state index < -0.39 is 0 Å². The lowest BCUT2D eigenvalue weighted by Gasteiger charge is -2.37. The van der Waals surface area contributed by atoms with Crippen LogP contribution in [-0.4, -0.2) is 35.7 Å². The van der Waals surface area contributed by atoms with Crippen LogP contribution in [0, 0.1) is 5.92 Å². The monoisotopic (exact) mass is 465 g/mol. The van der Waals surface area contributed by atoms with Crippen LogP contribution >= 0.6 is 0 Å². The standard InChI is InChI=1S/C29H31N5O/c1-19-12-24(30)18-34(17-19)28-8-10-31-16-27(28)32-15-25-7-6-20-2-4-22(13-26(20)33-25)23-5-3-21-9-11-35-29(21)14-23/h2-8,10,13-14,16,19,24,32H,9,11-12,15,17-18,30H2,1H3/t19-,24+/m1/s1. The smallest absolute Gasteiger partial charge is 0.123 e. The Balaban J connectivity index is 1.23. The number of piperidine rings is 1. The van der Waals surface area contributed by atoms with E-state index in [1.165, 1.54) is 5.56 Å². The number of nitrogens with zero attached hydrogens (tertiary/aromatic N) is 3. The summed E-state index contributed by atoms with van der Waals surface area (Å²) in [5.74, 6) is 1.58. The Morgan fingerprint density at radius 3 is 2.83 bits per heavy atom. The maximum absolute atomic E-state index is 6.31. The number of benzene rings is 2. The Hall–Kier alpha value is -3.64. The van der Waals surface area contributed by atoms with Crippen LogP contribution in [0.25, 0.3) is 22.0 Å². The second-order valence-electron chi connectivity index (χ2n) is 9.88. The first-order valence-electron chi connectivity index (χ1n) is 12.5. The van der Waals surface area contributed by atoms with E-state index >= 15 is 0 Å². The van der Waals surface area contributed by atoms with Crippen LogP contribution in [0.3, 0.4) is 0 Å². The van der Waals surface area contributed by atoms with Crippen molar-refractivity contribution in [3.63, 3.8) is 0 Å². The third kappa shape index (κ3) is 4.54. The fourth-order valence-corrected chi connectivity index (χ4v) is 5.36. The molecule has 0 radical (unpaired) electrons. The highest BCUT2D eigenvalue weighted by Gasteiger charge is 2.24. The van der Waals surface area contributed by atoms with E-state index in [-0.39, 0.29) is 6.04 Å². The molecule has 4 aromatic rings. The molecule has 2 aromatic heterocycles. The van der Waals surface area contributed by atoms with Gasteiger partial charge in [0.1, 0.15) is 5.75 Å². The van der Waals surface area contributed by atoms with Gasteiger partial charge in [0.05, 0.1) is 41.9 Å². The molecule has 2 aliphatic rings. The maximum Gasteiger partial charge on any atom is 0.123 e. The zero-order valence-electron chi connectivity index (χ0n) is 20.1. The molecule has 6 rings (SSSR count). The number of aromatic nitrogens is 2. The fraction of sp³-hybridized carbons (Fsp3) is 0.310. The van der Waals surface area contributed by atoms with Gasteiger partial charge in [-0.2, -0.15) is 0 Å². The van der Waals surface area contributed by atoms with Crippen LogP contribution in [0.15, 0.2) is 67.0 Å². The Morgan fingerprint density at radius 2 is 1.91 bits per heavy atom. The van der Waals surface area contributed by atoms with E-state index in [1.54, 1.807) is 0 Å². The van der Waals surface area contributed by atoms with Gasteiger partial charge in [-0.25, -0.2) is 0 Å². The molecule has 4 heterocycles. The van der Waals surface area contributed by atoms with Gasteiger partial charge >= 0.3 is 0 Å². The quantitative estimate of drug-likeness (QED) is 0.431. The SMILES string of the molecule is C[C@@H]1C[C@H](N)CN(c2ccncc2NCc2ccc3ccc(-c4ccc5c(c4)OCC5)cc3n2)C1.